The lowest BCUT2D eigenvalue weighted by Gasteiger charge is -2.20. The highest BCUT2D eigenvalue weighted by molar-refractivity contribution is 5.61. The Balaban J connectivity index is 3.14. The van der Waals surface area contributed by atoms with Gasteiger partial charge in [0.25, 0.3) is 0 Å². The molecule has 1 nitrogen and oxygen atoms in total. The second-order valence-corrected chi connectivity index (χ2v) is 6.40. The first-order valence-corrected chi connectivity index (χ1v) is 6.70. The number of hydrogen-bond donors (Lipinski definition) is 0. The van der Waals surface area contributed by atoms with Crippen molar-refractivity contribution in [3.05, 3.63) is 34.9 Å². The average molecular weight is 286 g/mol. The van der Waals surface area contributed by atoms with Crippen LogP contribution in [0, 0.1) is 5.41 Å². The van der Waals surface area contributed by atoms with E-state index < -0.39 is 17.7 Å². The molecule has 112 valence electrons. The number of hydrogen-bond acceptors (Lipinski definition) is 1. The molecule has 0 aliphatic rings. The number of alkyl halides is 3. The molecule has 0 N–H and O–H groups in total. The number of aryl methyl sites for hydroxylation is 1. The number of carbonyl (C=O) groups excluding carboxylic acids is 1. The van der Waals surface area contributed by atoms with Gasteiger partial charge >= 0.3 is 6.18 Å². The van der Waals surface area contributed by atoms with E-state index in [0.29, 0.717) is 30.3 Å². The summed E-state index contributed by atoms with van der Waals surface area (Å²) in [5.74, 6) is -0.521. The van der Waals surface area contributed by atoms with E-state index in [0.717, 1.165) is 6.07 Å². The van der Waals surface area contributed by atoms with Gasteiger partial charge in [-0.1, -0.05) is 39.8 Å². The van der Waals surface area contributed by atoms with Gasteiger partial charge in [0.05, 0.1) is 5.56 Å². The molecule has 0 heterocycles. The molecule has 0 bridgehead atoms. The monoisotopic (exact) mass is 286 g/mol. The summed E-state index contributed by atoms with van der Waals surface area (Å²) < 4.78 is 39.4. The molecule has 0 aliphatic heterocycles. The molecule has 1 aromatic rings. The second-order valence-electron chi connectivity index (χ2n) is 6.40. The molecule has 1 unspecified atom stereocenters. The summed E-state index contributed by atoms with van der Waals surface area (Å²) in [6, 6.07) is 4.23. The fourth-order valence-electron chi connectivity index (χ4n) is 1.95. The molecular weight excluding hydrogens is 265 g/mol. The minimum Gasteiger partial charge on any atom is -0.303 e. The minimum absolute atomic E-state index is 0.0162. The Kier molecular flexibility index (Phi) is 5.00. The van der Waals surface area contributed by atoms with Crippen molar-refractivity contribution >= 4 is 6.29 Å². The number of rotatable bonds is 4. The van der Waals surface area contributed by atoms with Crippen LogP contribution in [-0.2, 0) is 17.4 Å². The molecule has 20 heavy (non-hydrogen) atoms. The zero-order valence-corrected chi connectivity index (χ0v) is 12.3. The molecule has 0 radical (unpaired) electrons. The summed E-state index contributed by atoms with van der Waals surface area (Å²) in [4.78, 5) is 10.7. The first-order valence-electron chi connectivity index (χ1n) is 6.70. The molecule has 1 atom stereocenters. The van der Waals surface area contributed by atoms with Crippen molar-refractivity contribution < 1.29 is 18.0 Å². The Morgan fingerprint density at radius 1 is 1.20 bits per heavy atom. The molecule has 0 aliphatic carbocycles. The van der Waals surface area contributed by atoms with E-state index in [1.807, 2.05) is 20.8 Å². The first kappa shape index (κ1) is 16.7. The van der Waals surface area contributed by atoms with Gasteiger partial charge in [0.1, 0.15) is 6.29 Å². The van der Waals surface area contributed by atoms with E-state index in [9.17, 15) is 18.0 Å². The van der Waals surface area contributed by atoms with Crippen LogP contribution in [0.3, 0.4) is 0 Å². The zero-order chi connectivity index (χ0) is 15.6. The van der Waals surface area contributed by atoms with E-state index in [1.165, 1.54) is 6.07 Å². The SMILES string of the molecule is CC(C=O)c1ccc(CCC(C)(C)C)c(C(F)(F)F)c1. The average Bonchev–Trinajstić information content (AvgIpc) is 2.33. The molecular formula is C16H21F3O. The van der Waals surface area contributed by atoms with Gasteiger partial charge in [-0.2, -0.15) is 13.2 Å². The molecule has 0 spiro atoms. The summed E-state index contributed by atoms with van der Waals surface area (Å²) in [7, 11) is 0. The molecule has 0 fully saturated rings. The second kappa shape index (κ2) is 5.98. The molecule has 4 heteroatoms. The van der Waals surface area contributed by atoms with Crippen molar-refractivity contribution in [3.8, 4) is 0 Å². The highest BCUT2D eigenvalue weighted by Crippen LogP contribution is 2.35. The lowest BCUT2D eigenvalue weighted by Crippen LogP contribution is -2.13. The third kappa shape index (κ3) is 4.66. The van der Waals surface area contributed by atoms with Crippen molar-refractivity contribution in [2.45, 2.75) is 52.6 Å². The number of halogens is 3. The fourth-order valence-corrected chi connectivity index (χ4v) is 1.95. The van der Waals surface area contributed by atoms with Crippen LogP contribution in [0.4, 0.5) is 13.2 Å². The molecule has 0 amide bonds. The van der Waals surface area contributed by atoms with Crippen LogP contribution in [-0.4, -0.2) is 6.29 Å². The van der Waals surface area contributed by atoms with Crippen molar-refractivity contribution in [2.24, 2.45) is 5.41 Å². The van der Waals surface area contributed by atoms with Gasteiger partial charge in [-0.3, -0.25) is 0 Å². The van der Waals surface area contributed by atoms with Gasteiger partial charge in [0.2, 0.25) is 0 Å². The van der Waals surface area contributed by atoms with Gasteiger partial charge in [0, 0.05) is 5.92 Å². The molecule has 1 rings (SSSR count). The highest BCUT2D eigenvalue weighted by Gasteiger charge is 2.34. The molecule has 0 saturated heterocycles. The normalized spacial score (nSPS) is 14.2. The lowest BCUT2D eigenvalue weighted by molar-refractivity contribution is -0.138. The van der Waals surface area contributed by atoms with Crippen molar-refractivity contribution in [1.82, 2.24) is 0 Å². The van der Waals surface area contributed by atoms with Gasteiger partial charge in [-0.25, -0.2) is 0 Å². The predicted octanol–water partition coefficient (Wildman–Crippen LogP) is 4.99. The minimum atomic E-state index is -4.38. The maximum Gasteiger partial charge on any atom is 0.416 e. The summed E-state index contributed by atoms with van der Waals surface area (Å²) in [5, 5.41) is 0. The smallest absolute Gasteiger partial charge is 0.303 e. The number of aldehydes is 1. The summed E-state index contributed by atoms with van der Waals surface area (Å²) in [6.07, 6.45) is -2.66. The Labute approximate surface area is 118 Å². The summed E-state index contributed by atoms with van der Waals surface area (Å²) >= 11 is 0. The largest absolute Gasteiger partial charge is 0.416 e. The van der Waals surface area contributed by atoms with Crippen LogP contribution in [0.1, 0.15) is 56.7 Å². The quantitative estimate of drug-likeness (QED) is 0.713. The van der Waals surface area contributed by atoms with Crippen LogP contribution in [0.25, 0.3) is 0 Å². The van der Waals surface area contributed by atoms with Crippen LogP contribution >= 0.6 is 0 Å². The maximum atomic E-state index is 13.1. The van der Waals surface area contributed by atoms with E-state index in [1.54, 1.807) is 13.0 Å². The summed E-state index contributed by atoms with van der Waals surface area (Å²) in [6.45, 7) is 7.60. The van der Waals surface area contributed by atoms with Gasteiger partial charge < -0.3 is 4.79 Å². The first-order chi connectivity index (χ1) is 9.04. The van der Waals surface area contributed by atoms with Gasteiger partial charge in [-0.15, -0.1) is 0 Å². The van der Waals surface area contributed by atoms with Crippen molar-refractivity contribution in [2.75, 3.05) is 0 Å². The third-order valence-electron chi connectivity index (χ3n) is 3.31. The topological polar surface area (TPSA) is 17.1 Å². The highest BCUT2D eigenvalue weighted by atomic mass is 19.4. The Morgan fingerprint density at radius 2 is 1.80 bits per heavy atom. The van der Waals surface area contributed by atoms with E-state index >= 15 is 0 Å². The predicted molar refractivity (Wildman–Crippen MR) is 73.7 cm³/mol. The lowest BCUT2D eigenvalue weighted by atomic mass is 9.86. The van der Waals surface area contributed by atoms with E-state index in [2.05, 4.69) is 0 Å². The number of benzene rings is 1. The van der Waals surface area contributed by atoms with E-state index in [4.69, 9.17) is 0 Å². The van der Waals surface area contributed by atoms with Crippen LogP contribution in [0.2, 0.25) is 0 Å². The van der Waals surface area contributed by atoms with Crippen molar-refractivity contribution in [1.29, 1.82) is 0 Å². The van der Waals surface area contributed by atoms with Crippen LogP contribution in [0.15, 0.2) is 18.2 Å². The third-order valence-corrected chi connectivity index (χ3v) is 3.31. The Hall–Kier alpha value is -1.32. The van der Waals surface area contributed by atoms with Gasteiger partial charge in [0.15, 0.2) is 0 Å². The molecule has 0 aromatic heterocycles. The van der Waals surface area contributed by atoms with Crippen molar-refractivity contribution in [3.63, 3.8) is 0 Å². The Bertz CT molecular complexity index is 470. The van der Waals surface area contributed by atoms with Crippen LogP contribution < -0.4 is 0 Å². The summed E-state index contributed by atoms with van der Waals surface area (Å²) in [5.41, 5.74) is 0.0755. The van der Waals surface area contributed by atoms with E-state index in [-0.39, 0.29) is 5.41 Å². The zero-order valence-electron chi connectivity index (χ0n) is 12.3. The Morgan fingerprint density at radius 3 is 2.25 bits per heavy atom. The number of carbonyl (C=O) groups is 1. The standard InChI is InChI=1S/C16H21F3O/c1-11(10-20)13-6-5-12(7-8-15(2,3)4)14(9-13)16(17,18)19/h5-6,9-11H,7-8H2,1-4H3. The molecule has 0 saturated carbocycles. The van der Waals surface area contributed by atoms with Gasteiger partial charge in [-0.05, 0) is 35.4 Å². The van der Waals surface area contributed by atoms with Crippen LogP contribution in [0.5, 0.6) is 0 Å². The fraction of sp³-hybridized carbons (Fsp3) is 0.562. The maximum absolute atomic E-state index is 13.1. The molecule has 1 aromatic carbocycles.